The minimum Gasteiger partial charge on any atom is -0.496 e. The van der Waals surface area contributed by atoms with Gasteiger partial charge in [-0.05, 0) is 23.8 Å². The third-order valence-corrected chi connectivity index (χ3v) is 3.33. The maximum absolute atomic E-state index is 6.13. The van der Waals surface area contributed by atoms with Crippen LogP contribution in [0.3, 0.4) is 0 Å². The molecule has 0 aromatic heterocycles. The summed E-state index contributed by atoms with van der Waals surface area (Å²) in [5.41, 5.74) is 1.94. The van der Waals surface area contributed by atoms with Gasteiger partial charge in [0.15, 0.2) is 0 Å². The summed E-state index contributed by atoms with van der Waals surface area (Å²) in [7, 11) is 1.64. The highest BCUT2D eigenvalue weighted by atomic mass is 35.5. The minimum atomic E-state index is 0.407. The van der Waals surface area contributed by atoms with Gasteiger partial charge in [-0.15, -0.1) is 11.6 Å². The number of rotatable bonds is 5. The Kier molecular flexibility index (Phi) is 4.94. The van der Waals surface area contributed by atoms with Gasteiger partial charge in [0.25, 0.3) is 0 Å². The lowest BCUT2D eigenvalue weighted by atomic mass is 10.2. The number of halogens is 2. The molecule has 100 valence electrons. The number of methoxy groups -OCH3 is 1. The number of alkyl halides is 1. The second-order valence-electron chi connectivity index (χ2n) is 4.00. The molecule has 4 heteroatoms. The average molecular weight is 297 g/mol. The number of ether oxygens (including phenoxy) is 2. The Hall–Kier alpha value is -1.38. The minimum absolute atomic E-state index is 0.407. The van der Waals surface area contributed by atoms with Crippen LogP contribution in [0.25, 0.3) is 0 Å². The van der Waals surface area contributed by atoms with Gasteiger partial charge in [-0.2, -0.15) is 0 Å². The van der Waals surface area contributed by atoms with Crippen LogP contribution in [-0.2, 0) is 12.5 Å². The van der Waals surface area contributed by atoms with E-state index in [1.807, 2.05) is 42.5 Å². The van der Waals surface area contributed by atoms with Crippen molar-refractivity contribution >= 4 is 23.2 Å². The molecular formula is C15H14Cl2O2. The van der Waals surface area contributed by atoms with Crippen molar-refractivity contribution in [1.82, 2.24) is 0 Å². The molecule has 19 heavy (non-hydrogen) atoms. The van der Waals surface area contributed by atoms with Crippen molar-refractivity contribution in [3.05, 3.63) is 58.6 Å². The fraction of sp³-hybridized carbons (Fsp3) is 0.200. The van der Waals surface area contributed by atoms with Crippen LogP contribution in [0.15, 0.2) is 42.5 Å². The molecule has 0 aliphatic rings. The largest absolute Gasteiger partial charge is 0.496 e. The van der Waals surface area contributed by atoms with Crippen LogP contribution >= 0.6 is 23.2 Å². The first-order valence-electron chi connectivity index (χ1n) is 5.83. The van der Waals surface area contributed by atoms with E-state index in [1.165, 1.54) is 0 Å². The summed E-state index contributed by atoms with van der Waals surface area (Å²) in [6.07, 6.45) is 0. The van der Waals surface area contributed by atoms with E-state index in [4.69, 9.17) is 32.7 Å². The van der Waals surface area contributed by atoms with Crippen molar-refractivity contribution < 1.29 is 9.47 Å². The number of para-hydroxylation sites is 1. The van der Waals surface area contributed by atoms with Crippen LogP contribution in [0.5, 0.6) is 11.5 Å². The third-order valence-electron chi connectivity index (χ3n) is 2.73. The zero-order valence-electron chi connectivity index (χ0n) is 10.5. The third kappa shape index (κ3) is 3.55. The first kappa shape index (κ1) is 14.0. The molecule has 0 atom stereocenters. The second-order valence-corrected chi connectivity index (χ2v) is 4.67. The molecule has 0 heterocycles. The summed E-state index contributed by atoms with van der Waals surface area (Å²) in [4.78, 5) is 0. The van der Waals surface area contributed by atoms with E-state index in [9.17, 15) is 0 Å². The summed E-state index contributed by atoms with van der Waals surface area (Å²) >= 11 is 11.9. The van der Waals surface area contributed by atoms with E-state index >= 15 is 0 Å². The standard InChI is InChI=1S/C15H14Cl2O2/c1-18-14-5-3-2-4-12(14)10-19-15-7-6-11(9-16)8-13(15)17/h2-8H,9-10H2,1H3. The van der Waals surface area contributed by atoms with Crippen molar-refractivity contribution in [3.8, 4) is 11.5 Å². The van der Waals surface area contributed by atoms with Gasteiger partial charge in [0, 0.05) is 11.4 Å². The van der Waals surface area contributed by atoms with Gasteiger partial charge >= 0.3 is 0 Å². The van der Waals surface area contributed by atoms with Gasteiger partial charge in [-0.3, -0.25) is 0 Å². The quantitative estimate of drug-likeness (QED) is 0.747. The van der Waals surface area contributed by atoms with Crippen molar-refractivity contribution in [3.63, 3.8) is 0 Å². The Morgan fingerprint density at radius 1 is 1.05 bits per heavy atom. The molecule has 2 aromatic carbocycles. The molecular weight excluding hydrogens is 283 g/mol. The first-order valence-corrected chi connectivity index (χ1v) is 6.75. The van der Waals surface area contributed by atoms with Crippen molar-refractivity contribution in [2.24, 2.45) is 0 Å². The molecule has 0 saturated heterocycles. The van der Waals surface area contributed by atoms with Crippen molar-refractivity contribution in [2.75, 3.05) is 7.11 Å². The predicted molar refractivity (Wildman–Crippen MR) is 78.3 cm³/mol. The normalized spacial score (nSPS) is 10.3. The van der Waals surface area contributed by atoms with Gasteiger partial charge in [0.1, 0.15) is 18.1 Å². The van der Waals surface area contributed by atoms with Crippen LogP contribution in [0.2, 0.25) is 5.02 Å². The maximum atomic E-state index is 6.13. The fourth-order valence-electron chi connectivity index (χ4n) is 1.72. The lowest BCUT2D eigenvalue weighted by Gasteiger charge is -2.11. The van der Waals surface area contributed by atoms with Gasteiger partial charge < -0.3 is 9.47 Å². The second kappa shape index (κ2) is 6.69. The Morgan fingerprint density at radius 2 is 1.84 bits per heavy atom. The van der Waals surface area contributed by atoms with Crippen LogP contribution in [0.4, 0.5) is 0 Å². The molecule has 2 rings (SSSR count). The maximum Gasteiger partial charge on any atom is 0.138 e. The molecule has 0 aliphatic heterocycles. The molecule has 0 aliphatic carbocycles. The van der Waals surface area contributed by atoms with E-state index in [-0.39, 0.29) is 0 Å². The predicted octanol–water partition coefficient (Wildman–Crippen LogP) is 4.67. The Labute approximate surface area is 122 Å². The van der Waals surface area contributed by atoms with E-state index in [0.29, 0.717) is 23.3 Å². The summed E-state index contributed by atoms with van der Waals surface area (Å²) in [6.45, 7) is 0.407. The summed E-state index contributed by atoms with van der Waals surface area (Å²) < 4.78 is 11.0. The molecule has 2 aromatic rings. The van der Waals surface area contributed by atoms with E-state index in [0.717, 1.165) is 16.9 Å². The van der Waals surface area contributed by atoms with E-state index in [2.05, 4.69) is 0 Å². The van der Waals surface area contributed by atoms with Gasteiger partial charge in [0.2, 0.25) is 0 Å². The van der Waals surface area contributed by atoms with Crippen LogP contribution in [-0.4, -0.2) is 7.11 Å². The molecule has 0 N–H and O–H groups in total. The fourth-order valence-corrected chi connectivity index (χ4v) is 2.15. The molecule has 0 radical (unpaired) electrons. The topological polar surface area (TPSA) is 18.5 Å². The Bertz CT molecular complexity index is 556. The zero-order valence-corrected chi connectivity index (χ0v) is 12.0. The van der Waals surface area contributed by atoms with E-state index in [1.54, 1.807) is 7.11 Å². The van der Waals surface area contributed by atoms with Crippen molar-refractivity contribution in [2.45, 2.75) is 12.5 Å². The Balaban J connectivity index is 2.10. The molecule has 0 saturated carbocycles. The van der Waals surface area contributed by atoms with Crippen LogP contribution < -0.4 is 9.47 Å². The summed E-state index contributed by atoms with van der Waals surface area (Å²) in [6, 6.07) is 13.3. The van der Waals surface area contributed by atoms with Crippen LogP contribution in [0, 0.1) is 0 Å². The average Bonchev–Trinajstić information content (AvgIpc) is 2.46. The van der Waals surface area contributed by atoms with Crippen LogP contribution in [0.1, 0.15) is 11.1 Å². The number of hydrogen-bond acceptors (Lipinski definition) is 2. The summed E-state index contributed by atoms with van der Waals surface area (Å²) in [5, 5.41) is 0.563. The first-order chi connectivity index (χ1) is 9.24. The molecule has 0 bridgehead atoms. The van der Waals surface area contributed by atoms with E-state index < -0.39 is 0 Å². The van der Waals surface area contributed by atoms with Gasteiger partial charge in [-0.25, -0.2) is 0 Å². The number of benzene rings is 2. The molecule has 0 spiro atoms. The van der Waals surface area contributed by atoms with Crippen molar-refractivity contribution in [1.29, 1.82) is 0 Å². The lowest BCUT2D eigenvalue weighted by molar-refractivity contribution is 0.297. The highest BCUT2D eigenvalue weighted by Gasteiger charge is 2.06. The van der Waals surface area contributed by atoms with Gasteiger partial charge in [-0.1, -0.05) is 35.9 Å². The molecule has 2 nitrogen and oxygen atoms in total. The smallest absolute Gasteiger partial charge is 0.138 e. The monoisotopic (exact) mass is 296 g/mol. The number of hydrogen-bond donors (Lipinski definition) is 0. The molecule has 0 fully saturated rings. The molecule has 0 amide bonds. The Morgan fingerprint density at radius 3 is 2.53 bits per heavy atom. The van der Waals surface area contributed by atoms with Gasteiger partial charge in [0.05, 0.1) is 12.1 Å². The molecule has 0 unspecified atom stereocenters. The highest BCUT2D eigenvalue weighted by Crippen LogP contribution is 2.28. The lowest BCUT2D eigenvalue weighted by Crippen LogP contribution is -1.99. The zero-order chi connectivity index (χ0) is 13.7. The highest BCUT2D eigenvalue weighted by molar-refractivity contribution is 6.32. The summed E-state index contributed by atoms with van der Waals surface area (Å²) in [5.74, 6) is 1.88. The SMILES string of the molecule is COc1ccccc1COc1ccc(CCl)cc1Cl.